The van der Waals surface area contributed by atoms with Gasteiger partial charge < -0.3 is 10.2 Å². The first-order valence-electron chi connectivity index (χ1n) is 9.42. The fourth-order valence-corrected chi connectivity index (χ4v) is 3.97. The number of alkyl halides is 3. The number of fused-ring (bicyclic) bond motifs is 2. The first-order valence-corrected chi connectivity index (χ1v) is 9.42. The first-order chi connectivity index (χ1) is 14.8. The maximum absolute atomic E-state index is 13.6. The number of hydrogen-bond acceptors (Lipinski definition) is 3. The SMILES string of the molecule is Oc1cc(C(F)(F)F)c(O)c(-c2ccc3[nH]ncc3c2)c1-c1cccc2ccccc12. The summed E-state index contributed by atoms with van der Waals surface area (Å²) in [6, 6.07) is 18.2. The fraction of sp³-hybridized carbons (Fsp3) is 0.0417. The second-order valence-electron chi connectivity index (χ2n) is 7.24. The summed E-state index contributed by atoms with van der Waals surface area (Å²) in [5.74, 6) is -1.50. The van der Waals surface area contributed by atoms with Crippen LogP contribution >= 0.6 is 0 Å². The van der Waals surface area contributed by atoms with E-state index >= 15 is 0 Å². The molecule has 0 aliphatic rings. The zero-order valence-corrected chi connectivity index (χ0v) is 15.9. The highest BCUT2D eigenvalue weighted by Crippen LogP contribution is 2.51. The van der Waals surface area contributed by atoms with Crippen molar-refractivity contribution in [2.45, 2.75) is 6.18 Å². The van der Waals surface area contributed by atoms with Crippen LogP contribution in [0.5, 0.6) is 11.5 Å². The number of aromatic hydroxyl groups is 2. The largest absolute Gasteiger partial charge is 0.507 e. The summed E-state index contributed by atoms with van der Waals surface area (Å²) in [5.41, 5.74) is 0.289. The second kappa shape index (κ2) is 6.77. The van der Waals surface area contributed by atoms with Gasteiger partial charge in [0.1, 0.15) is 17.1 Å². The third kappa shape index (κ3) is 3.06. The molecule has 4 nitrogen and oxygen atoms in total. The molecular formula is C24H15F3N2O2. The average Bonchev–Trinajstić information content (AvgIpc) is 3.21. The van der Waals surface area contributed by atoms with Gasteiger partial charge in [0.25, 0.3) is 0 Å². The van der Waals surface area contributed by atoms with Crippen LogP contribution in [0.2, 0.25) is 0 Å². The van der Waals surface area contributed by atoms with E-state index in [0.717, 1.165) is 10.8 Å². The van der Waals surface area contributed by atoms with E-state index in [0.29, 0.717) is 28.1 Å². The molecule has 0 aliphatic heterocycles. The minimum Gasteiger partial charge on any atom is -0.507 e. The Morgan fingerprint density at radius 1 is 0.806 bits per heavy atom. The number of H-pyrrole nitrogens is 1. The van der Waals surface area contributed by atoms with E-state index in [1.54, 1.807) is 36.5 Å². The Hall–Kier alpha value is -4.00. The van der Waals surface area contributed by atoms with Crippen molar-refractivity contribution in [3.63, 3.8) is 0 Å². The quantitative estimate of drug-likeness (QED) is 0.286. The molecule has 3 N–H and O–H groups in total. The smallest absolute Gasteiger partial charge is 0.420 e. The molecule has 154 valence electrons. The van der Waals surface area contributed by atoms with Crippen molar-refractivity contribution >= 4 is 21.7 Å². The molecule has 1 heterocycles. The number of phenolic OH excluding ortho intramolecular Hbond substituents is 2. The Bertz CT molecular complexity index is 1450. The van der Waals surface area contributed by atoms with Crippen LogP contribution in [0.4, 0.5) is 13.2 Å². The van der Waals surface area contributed by atoms with Crippen LogP contribution in [-0.4, -0.2) is 20.4 Å². The number of aromatic amines is 1. The molecule has 31 heavy (non-hydrogen) atoms. The summed E-state index contributed by atoms with van der Waals surface area (Å²) in [4.78, 5) is 0. The molecule has 0 atom stereocenters. The summed E-state index contributed by atoms with van der Waals surface area (Å²) in [7, 11) is 0. The van der Waals surface area contributed by atoms with E-state index in [1.165, 1.54) is 0 Å². The predicted octanol–water partition coefficient (Wildman–Crippen LogP) is 6.48. The molecule has 4 aromatic carbocycles. The van der Waals surface area contributed by atoms with Crippen molar-refractivity contribution < 1.29 is 23.4 Å². The van der Waals surface area contributed by atoms with Gasteiger partial charge in [-0.2, -0.15) is 18.3 Å². The first kappa shape index (κ1) is 19.0. The van der Waals surface area contributed by atoms with Crippen molar-refractivity contribution in [3.05, 3.63) is 78.5 Å². The second-order valence-corrected chi connectivity index (χ2v) is 7.24. The highest BCUT2D eigenvalue weighted by Gasteiger charge is 2.37. The maximum atomic E-state index is 13.6. The zero-order chi connectivity index (χ0) is 21.8. The molecule has 0 fully saturated rings. The fourth-order valence-electron chi connectivity index (χ4n) is 3.97. The van der Waals surface area contributed by atoms with E-state index in [-0.39, 0.29) is 11.1 Å². The van der Waals surface area contributed by atoms with Crippen LogP contribution < -0.4 is 0 Å². The molecule has 0 bridgehead atoms. The van der Waals surface area contributed by atoms with Gasteiger partial charge in [0.2, 0.25) is 0 Å². The molecule has 0 radical (unpaired) electrons. The Balaban J connectivity index is 1.91. The van der Waals surface area contributed by atoms with Crippen molar-refractivity contribution in [2.75, 3.05) is 0 Å². The number of benzene rings is 4. The van der Waals surface area contributed by atoms with Gasteiger partial charge >= 0.3 is 6.18 Å². The molecule has 0 amide bonds. The van der Waals surface area contributed by atoms with E-state index in [2.05, 4.69) is 10.2 Å². The monoisotopic (exact) mass is 420 g/mol. The van der Waals surface area contributed by atoms with E-state index in [9.17, 15) is 23.4 Å². The number of phenols is 2. The normalized spacial score (nSPS) is 12.0. The standard InChI is InChI=1S/C24H15F3N2O2/c25-24(26,27)18-11-20(30)22(17-7-3-5-13-4-1-2-6-16(13)17)21(23(18)31)14-8-9-19-15(10-14)12-28-29-19/h1-12,30-31H,(H,28,29). The molecule has 0 unspecified atom stereocenters. The topological polar surface area (TPSA) is 69.1 Å². The molecule has 0 saturated heterocycles. The van der Waals surface area contributed by atoms with Gasteiger partial charge in [-0.05, 0) is 40.1 Å². The van der Waals surface area contributed by atoms with Gasteiger partial charge in [0.15, 0.2) is 0 Å². The Morgan fingerprint density at radius 2 is 1.58 bits per heavy atom. The maximum Gasteiger partial charge on any atom is 0.420 e. The summed E-state index contributed by atoms with van der Waals surface area (Å²) in [6.07, 6.45) is -3.30. The van der Waals surface area contributed by atoms with Gasteiger partial charge in [-0.15, -0.1) is 0 Å². The van der Waals surface area contributed by atoms with E-state index in [1.807, 2.05) is 30.3 Å². The minimum atomic E-state index is -4.84. The third-order valence-electron chi connectivity index (χ3n) is 5.37. The molecular weight excluding hydrogens is 405 g/mol. The average molecular weight is 420 g/mol. The highest BCUT2D eigenvalue weighted by atomic mass is 19.4. The summed E-state index contributed by atoms with van der Waals surface area (Å²) in [5, 5.41) is 30.6. The number of aromatic nitrogens is 2. The van der Waals surface area contributed by atoms with Crippen molar-refractivity contribution in [1.29, 1.82) is 0 Å². The predicted molar refractivity (Wildman–Crippen MR) is 113 cm³/mol. The number of rotatable bonds is 2. The lowest BCUT2D eigenvalue weighted by molar-refractivity contribution is -0.138. The molecule has 7 heteroatoms. The van der Waals surface area contributed by atoms with Crippen molar-refractivity contribution in [3.8, 4) is 33.8 Å². The molecule has 1 aromatic heterocycles. The van der Waals surface area contributed by atoms with Gasteiger partial charge in [-0.1, -0.05) is 48.5 Å². The summed E-state index contributed by atoms with van der Waals surface area (Å²) >= 11 is 0. The third-order valence-corrected chi connectivity index (χ3v) is 5.37. The zero-order valence-electron chi connectivity index (χ0n) is 15.9. The van der Waals surface area contributed by atoms with Crippen LogP contribution in [0.1, 0.15) is 5.56 Å². The van der Waals surface area contributed by atoms with Crippen LogP contribution in [0.3, 0.4) is 0 Å². The van der Waals surface area contributed by atoms with Gasteiger partial charge in [-0.25, -0.2) is 0 Å². The van der Waals surface area contributed by atoms with Gasteiger partial charge in [0, 0.05) is 16.5 Å². The lowest BCUT2D eigenvalue weighted by Crippen LogP contribution is -2.06. The van der Waals surface area contributed by atoms with E-state index in [4.69, 9.17) is 0 Å². The summed E-state index contributed by atoms with van der Waals surface area (Å²) in [6.45, 7) is 0. The molecule has 0 spiro atoms. The minimum absolute atomic E-state index is 0.0909. The number of nitrogens with zero attached hydrogens (tertiary/aromatic N) is 1. The molecule has 5 rings (SSSR count). The number of hydrogen-bond donors (Lipinski definition) is 3. The van der Waals surface area contributed by atoms with Crippen molar-refractivity contribution in [1.82, 2.24) is 10.2 Å². The Morgan fingerprint density at radius 3 is 2.39 bits per heavy atom. The lowest BCUT2D eigenvalue weighted by Gasteiger charge is -2.20. The van der Waals surface area contributed by atoms with Gasteiger partial charge in [0.05, 0.1) is 11.7 Å². The molecule has 0 aliphatic carbocycles. The molecule has 5 aromatic rings. The Kier molecular flexibility index (Phi) is 4.15. The van der Waals surface area contributed by atoms with Crippen LogP contribution in [-0.2, 0) is 6.18 Å². The lowest BCUT2D eigenvalue weighted by atomic mass is 9.88. The summed E-state index contributed by atoms with van der Waals surface area (Å²) < 4.78 is 40.9. The van der Waals surface area contributed by atoms with Crippen molar-refractivity contribution in [2.24, 2.45) is 0 Å². The number of halogens is 3. The van der Waals surface area contributed by atoms with Crippen LogP contribution in [0, 0.1) is 0 Å². The highest BCUT2D eigenvalue weighted by molar-refractivity contribution is 6.04. The van der Waals surface area contributed by atoms with Gasteiger partial charge in [-0.3, -0.25) is 5.10 Å². The Labute approximate surface area is 174 Å². The molecule has 0 saturated carbocycles. The van der Waals surface area contributed by atoms with Crippen LogP contribution in [0.25, 0.3) is 43.9 Å². The number of nitrogens with one attached hydrogen (secondary N) is 1. The van der Waals surface area contributed by atoms with E-state index < -0.39 is 23.2 Å². The van der Waals surface area contributed by atoms with Crippen LogP contribution in [0.15, 0.2) is 72.9 Å².